The summed E-state index contributed by atoms with van der Waals surface area (Å²) in [5.74, 6) is 2.67. The number of rotatable bonds is 10. The molecular weight excluding hydrogens is 441 g/mol. The third-order valence-electron chi connectivity index (χ3n) is 4.40. The first-order valence-electron chi connectivity index (χ1n) is 9.55. The van der Waals surface area contributed by atoms with Crippen molar-refractivity contribution in [2.45, 2.75) is 66.5 Å². The van der Waals surface area contributed by atoms with Crippen LogP contribution in [0.15, 0.2) is 15.6 Å². The molecular formula is C19H38IN5O. The van der Waals surface area contributed by atoms with Crippen LogP contribution in [0.25, 0.3) is 0 Å². The SMILES string of the molecule is CCN(CC)C(CNC(=NC)NCc1cc(C(C)C)no1)CC(C)C.I. The molecule has 0 aliphatic heterocycles. The summed E-state index contributed by atoms with van der Waals surface area (Å²) in [5, 5.41) is 10.9. The Hall–Kier alpha value is -0.830. The smallest absolute Gasteiger partial charge is 0.191 e. The summed E-state index contributed by atoms with van der Waals surface area (Å²) in [4.78, 5) is 6.83. The maximum absolute atomic E-state index is 5.37. The molecule has 1 heterocycles. The zero-order valence-corrected chi connectivity index (χ0v) is 19.8. The van der Waals surface area contributed by atoms with Gasteiger partial charge in [-0.1, -0.05) is 46.7 Å². The van der Waals surface area contributed by atoms with E-state index in [2.05, 4.69) is 67.2 Å². The van der Waals surface area contributed by atoms with Crippen LogP contribution in [-0.2, 0) is 6.54 Å². The molecule has 26 heavy (non-hydrogen) atoms. The van der Waals surface area contributed by atoms with E-state index >= 15 is 0 Å². The van der Waals surface area contributed by atoms with Crippen molar-refractivity contribution in [3.05, 3.63) is 17.5 Å². The first kappa shape index (κ1) is 25.2. The number of hydrogen-bond acceptors (Lipinski definition) is 4. The summed E-state index contributed by atoms with van der Waals surface area (Å²) < 4.78 is 5.37. The maximum atomic E-state index is 5.37. The average Bonchev–Trinajstić information content (AvgIpc) is 3.04. The van der Waals surface area contributed by atoms with Crippen LogP contribution in [0.5, 0.6) is 0 Å². The van der Waals surface area contributed by atoms with E-state index in [9.17, 15) is 0 Å². The number of guanidine groups is 1. The van der Waals surface area contributed by atoms with E-state index in [-0.39, 0.29) is 24.0 Å². The van der Waals surface area contributed by atoms with Crippen LogP contribution in [0.2, 0.25) is 0 Å². The maximum Gasteiger partial charge on any atom is 0.191 e. The molecule has 0 spiro atoms. The monoisotopic (exact) mass is 479 g/mol. The molecule has 1 rings (SSSR count). The van der Waals surface area contributed by atoms with Gasteiger partial charge in [-0.25, -0.2) is 0 Å². The minimum atomic E-state index is 0. The molecule has 1 atom stereocenters. The van der Waals surface area contributed by atoms with Gasteiger partial charge in [-0.05, 0) is 31.3 Å². The highest BCUT2D eigenvalue weighted by Gasteiger charge is 2.17. The highest BCUT2D eigenvalue weighted by molar-refractivity contribution is 14.0. The summed E-state index contributed by atoms with van der Waals surface area (Å²) >= 11 is 0. The van der Waals surface area contributed by atoms with Crippen molar-refractivity contribution in [3.8, 4) is 0 Å². The van der Waals surface area contributed by atoms with E-state index in [1.165, 1.54) is 6.42 Å². The Bertz CT molecular complexity index is 512. The Morgan fingerprint density at radius 1 is 1.19 bits per heavy atom. The van der Waals surface area contributed by atoms with Crippen molar-refractivity contribution in [2.24, 2.45) is 10.9 Å². The first-order valence-corrected chi connectivity index (χ1v) is 9.55. The van der Waals surface area contributed by atoms with Gasteiger partial charge >= 0.3 is 0 Å². The van der Waals surface area contributed by atoms with Crippen LogP contribution < -0.4 is 10.6 Å². The number of nitrogens with zero attached hydrogens (tertiary/aromatic N) is 3. The molecule has 0 saturated heterocycles. The molecule has 1 unspecified atom stereocenters. The van der Waals surface area contributed by atoms with Gasteiger partial charge in [0.05, 0.1) is 12.2 Å². The lowest BCUT2D eigenvalue weighted by Crippen LogP contribution is -2.47. The zero-order valence-electron chi connectivity index (χ0n) is 17.5. The lowest BCUT2D eigenvalue weighted by atomic mass is 10.0. The normalized spacial score (nSPS) is 13.2. The molecule has 0 bridgehead atoms. The predicted octanol–water partition coefficient (Wildman–Crippen LogP) is 3.84. The minimum Gasteiger partial charge on any atom is -0.359 e. The molecule has 0 radical (unpaired) electrons. The molecule has 0 amide bonds. The summed E-state index contributed by atoms with van der Waals surface area (Å²) in [5.41, 5.74) is 0.985. The fourth-order valence-corrected chi connectivity index (χ4v) is 2.94. The number of aromatic nitrogens is 1. The van der Waals surface area contributed by atoms with Gasteiger partial charge in [0.15, 0.2) is 11.7 Å². The molecule has 0 aromatic carbocycles. The molecule has 6 nitrogen and oxygen atoms in total. The lowest BCUT2D eigenvalue weighted by Gasteiger charge is -2.31. The number of likely N-dealkylation sites (N-methyl/N-ethyl adjacent to an activating group) is 1. The average molecular weight is 479 g/mol. The quantitative estimate of drug-likeness (QED) is 0.303. The fourth-order valence-electron chi connectivity index (χ4n) is 2.94. The van der Waals surface area contributed by atoms with Crippen molar-refractivity contribution >= 4 is 29.9 Å². The van der Waals surface area contributed by atoms with Crippen molar-refractivity contribution in [1.82, 2.24) is 20.7 Å². The van der Waals surface area contributed by atoms with E-state index in [4.69, 9.17) is 4.52 Å². The van der Waals surface area contributed by atoms with E-state index in [1.54, 1.807) is 7.05 Å². The van der Waals surface area contributed by atoms with Gasteiger partial charge < -0.3 is 15.2 Å². The van der Waals surface area contributed by atoms with Gasteiger partial charge in [-0.3, -0.25) is 9.89 Å². The van der Waals surface area contributed by atoms with Gasteiger partial charge in [-0.15, -0.1) is 24.0 Å². The van der Waals surface area contributed by atoms with E-state index in [0.29, 0.717) is 24.4 Å². The van der Waals surface area contributed by atoms with Gasteiger partial charge in [0.25, 0.3) is 0 Å². The molecule has 0 saturated carbocycles. The number of halogens is 1. The first-order chi connectivity index (χ1) is 11.9. The molecule has 0 fully saturated rings. The Balaban J connectivity index is 0.00000625. The molecule has 2 N–H and O–H groups in total. The van der Waals surface area contributed by atoms with Crippen LogP contribution in [-0.4, -0.2) is 48.7 Å². The van der Waals surface area contributed by atoms with Crippen molar-refractivity contribution < 1.29 is 4.52 Å². The Morgan fingerprint density at radius 2 is 1.85 bits per heavy atom. The summed E-state index contributed by atoms with van der Waals surface area (Å²) in [7, 11) is 1.80. The Labute approximate surface area is 176 Å². The third kappa shape index (κ3) is 8.70. The van der Waals surface area contributed by atoms with E-state index in [0.717, 1.165) is 37.0 Å². The molecule has 0 aliphatic carbocycles. The van der Waals surface area contributed by atoms with Gasteiger partial charge in [-0.2, -0.15) is 0 Å². The number of hydrogen-bond donors (Lipinski definition) is 2. The van der Waals surface area contributed by atoms with Crippen LogP contribution in [0.3, 0.4) is 0 Å². The van der Waals surface area contributed by atoms with Crippen LogP contribution in [0.1, 0.15) is 65.3 Å². The highest BCUT2D eigenvalue weighted by atomic mass is 127. The van der Waals surface area contributed by atoms with Crippen LogP contribution in [0, 0.1) is 5.92 Å². The van der Waals surface area contributed by atoms with Gasteiger partial charge in [0, 0.05) is 25.7 Å². The van der Waals surface area contributed by atoms with E-state index < -0.39 is 0 Å². The second-order valence-electron chi connectivity index (χ2n) is 7.18. The molecule has 1 aromatic heterocycles. The second-order valence-corrected chi connectivity index (χ2v) is 7.18. The van der Waals surface area contributed by atoms with Crippen LogP contribution >= 0.6 is 24.0 Å². The number of nitrogens with one attached hydrogen (secondary N) is 2. The van der Waals surface area contributed by atoms with E-state index in [1.807, 2.05) is 6.07 Å². The molecule has 7 heteroatoms. The Kier molecular flexibility index (Phi) is 12.9. The van der Waals surface area contributed by atoms with Gasteiger partial charge in [0.2, 0.25) is 0 Å². The topological polar surface area (TPSA) is 65.7 Å². The predicted molar refractivity (Wildman–Crippen MR) is 120 cm³/mol. The fraction of sp³-hybridized carbons (Fsp3) is 0.789. The number of aliphatic imine (C=N–C) groups is 1. The zero-order chi connectivity index (χ0) is 18.8. The third-order valence-corrected chi connectivity index (χ3v) is 4.40. The second kappa shape index (κ2) is 13.4. The molecule has 1 aromatic rings. The summed E-state index contributed by atoms with van der Waals surface area (Å²) in [6, 6.07) is 2.51. The Morgan fingerprint density at radius 3 is 2.31 bits per heavy atom. The highest BCUT2D eigenvalue weighted by Crippen LogP contribution is 2.14. The van der Waals surface area contributed by atoms with Crippen LogP contribution in [0.4, 0.5) is 0 Å². The lowest BCUT2D eigenvalue weighted by molar-refractivity contribution is 0.191. The van der Waals surface area contributed by atoms with Crippen molar-refractivity contribution in [2.75, 3.05) is 26.7 Å². The van der Waals surface area contributed by atoms with Crippen molar-refractivity contribution in [3.63, 3.8) is 0 Å². The van der Waals surface area contributed by atoms with Gasteiger partial charge in [0.1, 0.15) is 0 Å². The standard InChI is InChI=1S/C19H37N5O.HI/c1-8-24(9-2)16(10-14(3)4)12-21-19(20-7)22-13-17-11-18(15(5)6)23-25-17;/h11,14-16H,8-10,12-13H2,1-7H3,(H2,20,21,22);1H. The molecule has 152 valence electrons. The summed E-state index contributed by atoms with van der Waals surface area (Å²) in [6.45, 7) is 16.8. The minimum absolute atomic E-state index is 0. The largest absolute Gasteiger partial charge is 0.359 e. The van der Waals surface area contributed by atoms with Crippen molar-refractivity contribution in [1.29, 1.82) is 0 Å². The molecule has 0 aliphatic rings. The summed E-state index contributed by atoms with van der Waals surface area (Å²) in [6.07, 6.45) is 1.17.